The minimum absolute atomic E-state index is 0.0911. The van der Waals surface area contributed by atoms with Gasteiger partial charge in [0.25, 0.3) is 0 Å². The molecule has 32 heavy (non-hydrogen) atoms. The fourth-order valence-electron chi connectivity index (χ4n) is 3.16. The molecule has 0 aliphatic carbocycles. The lowest BCUT2D eigenvalue weighted by Gasteiger charge is -2.12. The van der Waals surface area contributed by atoms with Crippen molar-refractivity contribution < 1.29 is 23.1 Å². The molecule has 0 unspecified atom stereocenters. The van der Waals surface area contributed by atoms with Crippen LogP contribution in [-0.4, -0.2) is 26.0 Å². The predicted octanol–water partition coefficient (Wildman–Crippen LogP) is 5.90. The molecule has 0 aliphatic heterocycles. The number of benzene rings is 2. The molecule has 0 atom stereocenters. The highest BCUT2D eigenvalue weighted by molar-refractivity contribution is 5.89. The fourth-order valence-corrected chi connectivity index (χ4v) is 3.16. The molecule has 0 bridgehead atoms. The maximum Gasteiger partial charge on any atom is 0.433 e. The van der Waals surface area contributed by atoms with E-state index in [1.165, 1.54) is 18.3 Å². The summed E-state index contributed by atoms with van der Waals surface area (Å²) >= 11 is 0. The number of carboxylic acid groups (broad SMARTS) is 1. The van der Waals surface area contributed by atoms with Gasteiger partial charge in [-0.2, -0.15) is 13.2 Å². The topological polar surface area (TPSA) is 76.0 Å². The molecule has 5 nitrogen and oxygen atoms in total. The molecule has 1 N–H and O–H groups in total. The number of carbonyl (C=O) groups is 1. The van der Waals surface area contributed by atoms with Gasteiger partial charge in [0.2, 0.25) is 0 Å². The third-order valence-electron chi connectivity index (χ3n) is 4.79. The summed E-state index contributed by atoms with van der Waals surface area (Å²) in [5.41, 5.74) is 1.94. The van der Waals surface area contributed by atoms with Crippen molar-refractivity contribution in [3.05, 3.63) is 89.9 Å². The molecule has 2 aromatic heterocycles. The molecule has 2 heterocycles. The zero-order valence-electron chi connectivity index (χ0n) is 16.8. The van der Waals surface area contributed by atoms with Crippen LogP contribution < -0.4 is 0 Å². The van der Waals surface area contributed by atoms with Gasteiger partial charge in [-0.25, -0.2) is 14.8 Å². The van der Waals surface area contributed by atoms with E-state index in [0.717, 1.165) is 11.8 Å². The van der Waals surface area contributed by atoms with Gasteiger partial charge >= 0.3 is 12.1 Å². The number of aromatic carboxylic acids is 1. The van der Waals surface area contributed by atoms with E-state index in [4.69, 9.17) is 0 Å². The van der Waals surface area contributed by atoms with Crippen LogP contribution >= 0.6 is 0 Å². The summed E-state index contributed by atoms with van der Waals surface area (Å²) in [4.78, 5) is 23.5. The maximum absolute atomic E-state index is 13.5. The van der Waals surface area contributed by atoms with Gasteiger partial charge in [0, 0.05) is 23.0 Å². The Labute approximate surface area is 181 Å². The van der Waals surface area contributed by atoms with Crippen molar-refractivity contribution in [2.24, 2.45) is 0 Å². The Bertz CT molecular complexity index is 1300. The molecule has 4 rings (SSSR count). The first-order valence-electron chi connectivity index (χ1n) is 9.54. The van der Waals surface area contributed by atoms with Crippen molar-refractivity contribution >= 4 is 5.97 Å². The zero-order chi connectivity index (χ0) is 22.9. The summed E-state index contributed by atoms with van der Waals surface area (Å²) in [5, 5.41) is 9.22. The first kappa shape index (κ1) is 21.2. The van der Waals surface area contributed by atoms with Gasteiger partial charge in [-0.05, 0) is 54.4 Å². The van der Waals surface area contributed by atoms with Crippen LogP contribution in [0.3, 0.4) is 0 Å². The van der Waals surface area contributed by atoms with E-state index < -0.39 is 17.8 Å². The molecule has 0 amide bonds. The minimum atomic E-state index is -4.65. The van der Waals surface area contributed by atoms with Crippen molar-refractivity contribution in [3.63, 3.8) is 0 Å². The van der Waals surface area contributed by atoms with Gasteiger partial charge < -0.3 is 5.11 Å². The average Bonchev–Trinajstić information content (AvgIpc) is 2.79. The van der Waals surface area contributed by atoms with Crippen LogP contribution in [0.4, 0.5) is 13.2 Å². The van der Waals surface area contributed by atoms with Gasteiger partial charge in [-0.3, -0.25) is 4.98 Å². The second-order valence-corrected chi connectivity index (χ2v) is 7.11. The van der Waals surface area contributed by atoms with Crippen LogP contribution in [0.15, 0.2) is 72.9 Å². The van der Waals surface area contributed by atoms with Crippen LogP contribution in [-0.2, 0) is 6.18 Å². The van der Waals surface area contributed by atoms with Gasteiger partial charge in [-0.15, -0.1) is 0 Å². The van der Waals surface area contributed by atoms with E-state index in [1.54, 1.807) is 55.5 Å². The Hall–Kier alpha value is -4.07. The number of alkyl halides is 3. The number of aromatic nitrogens is 3. The quantitative estimate of drug-likeness (QED) is 0.432. The van der Waals surface area contributed by atoms with Crippen molar-refractivity contribution in [2.75, 3.05) is 0 Å². The number of hydrogen-bond acceptors (Lipinski definition) is 4. The molecule has 2 aromatic carbocycles. The fraction of sp³-hybridized carbons (Fsp3) is 0.0833. The van der Waals surface area contributed by atoms with Crippen molar-refractivity contribution in [3.8, 4) is 33.8 Å². The normalized spacial score (nSPS) is 11.4. The molecule has 0 saturated heterocycles. The van der Waals surface area contributed by atoms with Crippen molar-refractivity contribution in [1.82, 2.24) is 15.0 Å². The monoisotopic (exact) mass is 435 g/mol. The summed E-state index contributed by atoms with van der Waals surface area (Å²) in [7, 11) is 0. The molecular formula is C24H16F3N3O2. The lowest BCUT2D eigenvalue weighted by atomic mass is 10.0. The smallest absolute Gasteiger partial charge is 0.433 e. The summed E-state index contributed by atoms with van der Waals surface area (Å²) < 4.78 is 40.6. The van der Waals surface area contributed by atoms with E-state index in [0.29, 0.717) is 22.3 Å². The molecule has 8 heteroatoms. The Morgan fingerprint density at radius 3 is 2.19 bits per heavy atom. The van der Waals surface area contributed by atoms with E-state index in [-0.39, 0.29) is 17.1 Å². The number of pyridine rings is 1. The number of nitrogens with zero attached hydrogens (tertiary/aromatic N) is 3. The summed E-state index contributed by atoms with van der Waals surface area (Å²) in [5.74, 6) is -1.16. The molecule has 4 aromatic rings. The molecule has 0 spiro atoms. The Morgan fingerprint density at radius 1 is 0.844 bits per heavy atom. The molecule has 0 fully saturated rings. The highest BCUT2D eigenvalue weighted by Crippen LogP contribution is 2.33. The molecule has 160 valence electrons. The number of carboxylic acids is 1. The minimum Gasteiger partial charge on any atom is -0.478 e. The third-order valence-corrected chi connectivity index (χ3v) is 4.79. The van der Waals surface area contributed by atoms with Crippen molar-refractivity contribution in [2.45, 2.75) is 13.1 Å². The third kappa shape index (κ3) is 4.49. The van der Waals surface area contributed by atoms with Gasteiger partial charge in [0.15, 0.2) is 5.82 Å². The number of hydrogen-bond donors (Lipinski definition) is 1. The number of halogens is 3. The first-order chi connectivity index (χ1) is 15.2. The Kier molecular flexibility index (Phi) is 5.44. The lowest BCUT2D eigenvalue weighted by molar-refractivity contribution is -0.141. The van der Waals surface area contributed by atoms with E-state index in [2.05, 4.69) is 15.0 Å². The SMILES string of the molecule is Cc1ccc(-c2cc(C(F)(F)F)nc(-c3cccc(-c4cccc(C(=O)O)c4)c3)n2)cn1. The van der Waals surface area contributed by atoms with Crippen LogP contribution in [0.25, 0.3) is 33.8 Å². The number of rotatable bonds is 4. The molecular weight excluding hydrogens is 419 g/mol. The Balaban J connectivity index is 1.83. The maximum atomic E-state index is 13.5. The summed E-state index contributed by atoms with van der Waals surface area (Å²) in [6.07, 6.45) is -3.19. The lowest BCUT2D eigenvalue weighted by Crippen LogP contribution is -2.10. The second kappa shape index (κ2) is 8.22. The Morgan fingerprint density at radius 2 is 1.53 bits per heavy atom. The zero-order valence-corrected chi connectivity index (χ0v) is 16.8. The van der Waals surface area contributed by atoms with Crippen molar-refractivity contribution in [1.29, 1.82) is 0 Å². The largest absolute Gasteiger partial charge is 0.478 e. The van der Waals surface area contributed by atoms with E-state index in [9.17, 15) is 23.1 Å². The highest BCUT2D eigenvalue weighted by atomic mass is 19.4. The van der Waals surface area contributed by atoms with Crippen LogP contribution in [0, 0.1) is 6.92 Å². The summed E-state index contributed by atoms with van der Waals surface area (Å²) in [6, 6.07) is 17.2. The van der Waals surface area contributed by atoms with E-state index >= 15 is 0 Å². The van der Waals surface area contributed by atoms with Gasteiger partial charge in [-0.1, -0.05) is 30.3 Å². The first-order valence-corrected chi connectivity index (χ1v) is 9.54. The molecule has 0 aliphatic rings. The average molecular weight is 435 g/mol. The molecule has 0 saturated carbocycles. The summed E-state index contributed by atoms with van der Waals surface area (Å²) in [6.45, 7) is 1.78. The van der Waals surface area contributed by atoms with Gasteiger partial charge in [0.05, 0.1) is 11.3 Å². The predicted molar refractivity (Wildman–Crippen MR) is 113 cm³/mol. The second-order valence-electron chi connectivity index (χ2n) is 7.11. The molecule has 0 radical (unpaired) electrons. The van der Waals surface area contributed by atoms with E-state index in [1.807, 2.05) is 0 Å². The van der Waals surface area contributed by atoms with Gasteiger partial charge in [0.1, 0.15) is 5.69 Å². The number of aryl methyl sites for hydroxylation is 1. The van der Waals surface area contributed by atoms with Crippen LogP contribution in [0.5, 0.6) is 0 Å². The highest BCUT2D eigenvalue weighted by Gasteiger charge is 2.34. The van der Waals surface area contributed by atoms with Crippen LogP contribution in [0.1, 0.15) is 21.7 Å². The van der Waals surface area contributed by atoms with Crippen LogP contribution in [0.2, 0.25) is 0 Å². The standard InChI is InChI=1S/C24H16F3N3O2/c1-14-8-9-19(13-28-14)20-12-21(24(25,26)27)30-22(29-20)17-6-2-4-15(10-17)16-5-3-7-18(11-16)23(31)32/h2-13H,1H3,(H,31,32).